The van der Waals surface area contributed by atoms with Crippen LogP contribution in [0.25, 0.3) is 32.9 Å². The summed E-state index contributed by atoms with van der Waals surface area (Å²) in [6, 6.07) is 7.66. The maximum absolute atomic E-state index is 16.6. The van der Waals surface area contributed by atoms with E-state index in [-0.39, 0.29) is 71.2 Å². The van der Waals surface area contributed by atoms with Crippen molar-refractivity contribution in [2.24, 2.45) is 0 Å². The molecular weight excluding hydrogens is 624 g/mol. The number of amides is 1. The number of benzene rings is 2. The molecule has 0 saturated carbocycles. The van der Waals surface area contributed by atoms with Crippen molar-refractivity contribution < 1.29 is 27.1 Å². The molecule has 0 N–H and O–H groups in total. The lowest BCUT2D eigenvalue weighted by Crippen LogP contribution is -2.64. The summed E-state index contributed by atoms with van der Waals surface area (Å²) in [5.74, 6) is -1.67. The Morgan fingerprint density at radius 3 is 2.83 bits per heavy atom. The second-order valence-electron chi connectivity index (χ2n) is 12.5. The number of nitrogens with zero attached hydrogens (tertiary/aromatic N) is 6. The topological polar surface area (TPSA) is 74.7 Å². The van der Waals surface area contributed by atoms with Crippen molar-refractivity contribution in [3.63, 3.8) is 0 Å². The molecule has 0 aliphatic carbocycles. The molecule has 1 amide bonds. The summed E-state index contributed by atoms with van der Waals surface area (Å²) in [4.78, 5) is 30.3. The van der Waals surface area contributed by atoms with Crippen molar-refractivity contribution in [2.45, 2.75) is 36.6 Å². The Balaban J connectivity index is 1.30. The number of halogens is 5. The van der Waals surface area contributed by atoms with Crippen LogP contribution in [-0.4, -0.2) is 94.4 Å². The molecule has 7 rings (SSSR count). The summed E-state index contributed by atoms with van der Waals surface area (Å²) in [5.41, 5.74) is -2.24. The van der Waals surface area contributed by atoms with E-state index in [1.165, 1.54) is 22.1 Å². The summed E-state index contributed by atoms with van der Waals surface area (Å²) in [5, 5.41) is 0.921. The van der Waals surface area contributed by atoms with Gasteiger partial charge in [-0.25, -0.2) is 17.6 Å². The predicted molar refractivity (Wildman–Crippen MR) is 168 cm³/mol. The standard InChI is InChI=1S/C33H31ClF4N6O2/c1-3-24(45)43-16-32(38,17-43)15-42(2)30-22-13-39-28(21-7-4-6-19-8-9-23(36)26(34)25(19)21)27(37)29(22)40-31(41-30)46-18-33-10-5-11-44(33)14-20(35)12-33/h3-4,6-9,13,20H,1,5,10-12,14-18H2,2H3/t20-,33+/m1/s1. The van der Waals surface area contributed by atoms with Gasteiger partial charge in [-0.15, -0.1) is 0 Å². The summed E-state index contributed by atoms with van der Waals surface area (Å²) < 4.78 is 67.3. The van der Waals surface area contributed by atoms with E-state index in [9.17, 15) is 13.6 Å². The van der Waals surface area contributed by atoms with Crippen LogP contribution >= 0.6 is 11.6 Å². The van der Waals surface area contributed by atoms with Crippen molar-refractivity contribution >= 4 is 45.0 Å². The van der Waals surface area contributed by atoms with Gasteiger partial charge in [0.05, 0.1) is 35.6 Å². The molecular formula is C33H31ClF4N6O2. The normalized spacial score (nSPS) is 22.2. The molecule has 0 spiro atoms. The fraction of sp³-hybridized carbons (Fsp3) is 0.394. The molecule has 2 aromatic carbocycles. The quantitative estimate of drug-likeness (QED) is 0.173. The molecule has 46 heavy (non-hydrogen) atoms. The fourth-order valence-corrected chi connectivity index (χ4v) is 7.52. The molecule has 3 fully saturated rings. The zero-order valence-corrected chi connectivity index (χ0v) is 25.8. The van der Waals surface area contributed by atoms with Gasteiger partial charge in [0, 0.05) is 37.2 Å². The van der Waals surface area contributed by atoms with E-state index < -0.39 is 29.0 Å². The van der Waals surface area contributed by atoms with Gasteiger partial charge in [-0.3, -0.25) is 14.7 Å². The van der Waals surface area contributed by atoms with Crippen molar-refractivity contribution in [3.05, 3.63) is 65.8 Å². The molecule has 5 heterocycles. The van der Waals surface area contributed by atoms with Crippen LogP contribution in [0.1, 0.15) is 19.3 Å². The van der Waals surface area contributed by atoms with Crippen LogP contribution in [0.5, 0.6) is 6.01 Å². The van der Waals surface area contributed by atoms with E-state index in [1.807, 2.05) is 0 Å². The summed E-state index contributed by atoms with van der Waals surface area (Å²) in [7, 11) is 1.60. The number of ether oxygens (including phenoxy) is 1. The first-order chi connectivity index (χ1) is 22.0. The molecule has 0 bridgehead atoms. The number of carbonyl (C=O) groups is 1. The van der Waals surface area contributed by atoms with Gasteiger partial charge in [-0.1, -0.05) is 42.4 Å². The van der Waals surface area contributed by atoms with Gasteiger partial charge in [0.25, 0.3) is 0 Å². The fourth-order valence-electron chi connectivity index (χ4n) is 7.24. The third-order valence-corrected chi connectivity index (χ3v) is 9.75. The highest BCUT2D eigenvalue weighted by Crippen LogP contribution is 2.42. The number of hydrogen-bond donors (Lipinski definition) is 0. The smallest absolute Gasteiger partial charge is 0.319 e. The summed E-state index contributed by atoms with van der Waals surface area (Å²) >= 11 is 6.35. The zero-order valence-electron chi connectivity index (χ0n) is 25.1. The molecule has 4 aromatic rings. The molecule has 13 heteroatoms. The van der Waals surface area contributed by atoms with Crippen LogP contribution in [0.4, 0.5) is 23.4 Å². The second kappa shape index (κ2) is 11.3. The average Bonchev–Trinajstić information content (AvgIpc) is 3.55. The minimum Gasteiger partial charge on any atom is -0.461 e. The van der Waals surface area contributed by atoms with Crippen molar-refractivity contribution in [1.82, 2.24) is 24.8 Å². The minimum atomic E-state index is -1.75. The SMILES string of the molecule is C=CC(=O)N1CC(F)(CN(C)c2nc(OC[C@@]34CCCN3C[C@H](F)C4)nc3c(F)c(-c4cccc5ccc(F)c(Cl)c45)ncc23)C1. The first-order valence-corrected chi connectivity index (χ1v) is 15.5. The zero-order chi connectivity index (χ0) is 32.4. The van der Waals surface area contributed by atoms with Gasteiger partial charge in [0.2, 0.25) is 5.91 Å². The number of aromatic nitrogens is 3. The number of pyridine rings is 1. The number of likely N-dealkylation sites (tertiary alicyclic amines) is 1. The largest absolute Gasteiger partial charge is 0.461 e. The van der Waals surface area contributed by atoms with Gasteiger partial charge in [0.15, 0.2) is 11.5 Å². The Kier molecular flexibility index (Phi) is 7.55. The van der Waals surface area contributed by atoms with Crippen LogP contribution in [0.15, 0.2) is 49.2 Å². The highest BCUT2D eigenvalue weighted by molar-refractivity contribution is 6.36. The van der Waals surface area contributed by atoms with Gasteiger partial charge >= 0.3 is 6.01 Å². The lowest BCUT2D eigenvalue weighted by atomic mass is 9.95. The highest BCUT2D eigenvalue weighted by Gasteiger charge is 2.50. The number of anilines is 1. The molecule has 3 aliphatic heterocycles. The van der Waals surface area contributed by atoms with E-state index in [4.69, 9.17) is 16.3 Å². The Labute approximate surface area is 267 Å². The molecule has 3 aliphatic rings. The Bertz CT molecular complexity index is 1890. The molecule has 2 aromatic heterocycles. The van der Waals surface area contributed by atoms with Crippen molar-refractivity contribution in [1.29, 1.82) is 0 Å². The van der Waals surface area contributed by atoms with Crippen LogP contribution in [0.3, 0.4) is 0 Å². The monoisotopic (exact) mass is 654 g/mol. The maximum Gasteiger partial charge on any atom is 0.319 e. The molecule has 0 unspecified atom stereocenters. The lowest BCUT2D eigenvalue weighted by molar-refractivity contribution is -0.139. The van der Waals surface area contributed by atoms with E-state index in [0.29, 0.717) is 23.7 Å². The number of fused-ring (bicyclic) bond motifs is 3. The second-order valence-corrected chi connectivity index (χ2v) is 12.9. The van der Waals surface area contributed by atoms with Gasteiger partial charge in [-0.05, 0) is 36.9 Å². The molecule has 3 saturated heterocycles. The Hall–Kier alpha value is -4.03. The number of alkyl halides is 2. The first-order valence-electron chi connectivity index (χ1n) is 15.1. The minimum absolute atomic E-state index is 0.103. The third kappa shape index (κ3) is 5.11. The van der Waals surface area contributed by atoms with Crippen LogP contribution in [0, 0.1) is 11.6 Å². The van der Waals surface area contributed by atoms with Gasteiger partial charge < -0.3 is 14.5 Å². The number of carbonyl (C=O) groups excluding carboxylic acids is 1. The van der Waals surface area contributed by atoms with Gasteiger partial charge in [-0.2, -0.15) is 9.97 Å². The summed E-state index contributed by atoms with van der Waals surface area (Å²) in [6.45, 7) is 4.22. The van der Waals surface area contributed by atoms with E-state index in [1.54, 1.807) is 31.3 Å². The molecule has 240 valence electrons. The van der Waals surface area contributed by atoms with Crippen molar-refractivity contribution in [3.8, 4) is 17.3 Å². The summed E-state index contributed by atoms with van der Waals surface area (Å²) in [6.07, 6.45) is 3.52. The van der Waals surface area contributed by atoms with E-state index in [0.717, 1.165) is 25.5 Å². The third-order valence-electron chi connectivity index (χ3n) is 9.38. The maximum atomic E-state index is 16.6. The Morgan fingerprint density at radius 2 is 2.04 bits per heavy atom. The van der Waals surface area contributed by atoms with E-state index in [2.05, 4.69) is 26.4 Å². The highest BCUT2D eigenvalue weighted by atomic mass is 35.5. The number of hydrogen-bond acceptors (Lipinski definition) is 7. The molecule has 0 radical (unpaired) electrons. The number of rotatable bonds is 8. The molecule has 2 atom stereocenters. The van der Waals surface area contributed by atoms with Crippen LogP contribution < -0.4 is 9.64 Å². The van der Waals surface area contributed by atoms with Crippen molar-refractivity contribution in [2.75, 3.05) is 51.3 Å². The van der Waals surface area contributed by atoms with E-state index >= 15 is 8.78 Å². The average molecular weight is 655 g/mol. The predicted octanol–water partition coefficient (Wildman–Crippen LogP) is 5.90. The lowest BCUT2D eigenvalue weighted by Gasteiger charge is -2.45. The van der Waals surface area contributed by atoms with Gasteiger partial charge in [0.1, 0.15) is 35.6 Å². The van der Waals surface area contributed by atoms with Crippen LogP contribution in [0.2, 0.25) is 5.02 Å². The van der Waals surface area contributed by atoms with Crippen LogP contribution in [-0.2, 0) is 4.79 Å². The molecule has 8 nitrogen and oxygen atoms in total. The Morgan fingerprint density at radius 1 is 1.24 bits per heavy atom. The first kappa shape index (κ1) is 30.6.